The second-order valence-electron chi connectivity index (χ2n) is 8.09. The molecular formula is C24H27N3O7S. The van der Waals surface area contributed by atoms with Gasteiger partial charge in [-0.2, -0.15) is 0 Å². The van der Waals surface area contributed by atoms with Gasteiger partial charge in [0.15, 0.2) is 0 Å². The number of fused-ring (bicyclic) bond motifs is 3. The van der Waals surface area contributed by atoms with E-state index in [9.17, 15) is 24.3 Å². The molecule has 10 nitrogen and oxygen atoms in total. The van der Waals surface area contributed by atoms with Gasteiger partial charge in [-0.25, -0.2) is 0 Å². The first-order valence-electron chi connectivity index (χ1n) is 10.9. The van der Waals surface area contributed by atoms with E-state index in [0.29, 0.717) is 0 Å². The van der Waals surface area contributed by atoms with Gasteiger partial charge >= 0.3 is 11.9 Å². The Kier molecular flexibility index (Phi) is 8.85. The van der Waals surface area contributed by atoms with Gasteiger partial charge < -0.3 is 31.7 Å². The molecule has 2 unspecified atom stereocenters. The van der Waals surface area contributed by atoms with Gasteiger partial charge in [0, 0.05) is 12.2 Å². The lowest BCUT2D eigenvalue weighted by molar-refractivity contribution is -0.139. The highest BCUT2D eigenvalue weighted by Crippen LogP contribution is 2.50. The van der Waals surface area contributed by atoms with Crippen molar-refractivity contribution in [1.29, 1.82) is 0 Å². The smallest absolute Gasteiger partial charge is 0.322 e. The molecule has 0 aliphatic heterocycles. The molecule has 0 radical (unpaired) electrons. The lowest BCUT2D eigenvalue weighted by atomic mass is 9.83. The maximum Gasteiger partial charge on any atom is 0.322 e. The molecule has 0 saturated heterocycles. The van der Waals surface area contributed by atoms with Crippen molar-refractivity contribution in [2.45, 2.75) is 36.3 Å². The fourth-order valence-corrected chi connectivity index (χ4v) is 5.20. The number of hydrogen-bond acceptors (Lipinski definition) is 7. The predicted molar refractivity (Wildman–Crippen MR) is 129 cm³/mol. The predicted octanol–water partition coefficient (Wildman–Crippen LogP) is 1.05. The second-order valence-corrected chi connectivity index (χ2v) is 9.26. The van der Waals surface area contributed by atoms with E-state index in [1.165, 1.54) is 11.8 Å². The molecule has 1 aliphatic rings. The van der Waals surface area contributed by atoms with Gasteiger partial charge in [-0.15, -0.1) is 11.8 Å². The summed E-state index contributed by atoms with van der Waals surface area (Å²) in [6.45, 7) is -0.623. The van der Waals surface area contributed by atoms with Crippen LogP contribution in [-0.4, -0.2) is 63.5 Å². The Morgan fingerprint density at radius 1 is 0.971 bits per heavy atom. The molecular weight excluding hydrogens is 474 g/mol. The minimum Gasteiger partial charge on any atom is -0.480 e. The fraction of sp³-hybridized carbons (Fsp3) is 0.333. The number of benzene rings is 2. The van der Waals surface area contributed by atoms with Crippen molar-refractivity contribution in [3.05, 3.63) is 59.7 Å². The van der Waals surface area contributed by atoms with E-state index in [1.807, 2.05) is 48.5 Å². The number of nitrogens with two attached hydrogens (primary N) is 1. The fourth-order valence-electron chi connectivity index (χ4n) is 3.85. The van der Waals surface area contributed by atoms with E-state index in [-0.39, 0.29) is 18.6 Å². The molecule has 2 aromatic rings. The third-order valence-electron chi connectivity index (χ3n) is 5.63. The van der Waals surface area contributed by atoms with Crippen molar-refractivity contribution in [2.75, 3.05) is 12.3 Å². The average molecular weight is 502 g/mol. The number of rotatable bonds is 11. The number of carboxylic acid groups (broad SMARTS) is 2. The van der Waals surface area contributed by atoms with E-state index < -0.39 is 53.7 Å². The summed E-state index contributed by atoms with van der Waals surface area (Å²) in [5.74, 6) is -3.73. The van der Waals surface area contributed by atoms with Crippen LogP contribution in [0.25, 0.3) is 11.1 Å². The molecule has 0 aromatic heterocycles. The normalized spacial score (nSPS) is 17.9. The molecule has 0 saturated carbocycles. The second kappa shape index (κ2) is 11.8. The van der Waals surface area contributed by atoms with Crippen molar-refractivity contribution < 1.29 is 34.5 Å². The molecule has 7 N–H and O–H groups in total. The van der Waals surface area contributed by atoms with Crippen LogP contribution in [0, 0.1) is 0 Å². The summed E-state index contributed by atoms with van der Waals surface area (Å²) in [4.78, 5) is 46.8. The number of thioether (sulfide) groups is 1. The van der Waals surface area contributed by atoms with Crippen molar-refractivity contribution in [1.82, 2.24) is 10.6 Å². The molecule has 0 spiro atoms. The lowest BCUT2D eigenvalue weighted by Gasteiger charge is -2.33. The highest BCUT2D eigenvalue weighted by Gasteiger charge is 2.34. The van der Waals surface area contributed by atoms with Crippen molar-refractivity contribution in [3.63, 3.8) is 0 Å². The topological polar surface area (TPSA) is 179 Å². The summed E-state index contributed by atoms with van der Waals surface area (Å²) < 4.78 is 0. The molecule has 2 aromatic carbocycles. The summed E-state index contributed by atoms with van der Waals surface area (Å²) in [5, 5.41) is 33.2. The van der Waals surface area contributed by atoms with Crippen LogP contribution >= 0.6 is 11.8 Å². The Morgan fingerprint density at radius 3 is 2.20 bits per heavy atom. The van der Waals surface area contributed by atoms with E-state index >= 15 is 0 Å². The van der Waals surface area contributed by atoms with Crippen LogP contribution in [0.2, 0.25) is 0 Å². The maximum absolute atomic E-state index is 12.6. The molecule has 4 atom stereocenters. The number of aliphatic hydroxyl groups is 1. The number of aliphatic hydroxyl groups excluding tert-OH is 1. The van der Waals surface area contributed by atoms with Crippen molar-refractivity contribution in [3.8, 4) is 11.1 Å². The maximum atomic E-state index is 12.6. The summed E-state index contributed by atoms with van der Waals surface area (Å²) in [6, 6.07) is 12.8. The molecule has 0 heterocycles. The summed E-state index contributed by atoms with van der Waals surface area (Å²) in [6.07, 6.45) is -1.20. The number of aliphatic carboxylic acids is 2. The Labute approximate surface area is 205 Å². The summed E-state index contributed by atoms with van der Waals surface area (Å²) in [5.41, 5.74) is 8.95. The first kappa shape index (κ1) is 26.2. The molecule has 1 aliphatic carbocycles. The third-order valence-corrected chi connectivity index (χ3v) is 7.03. The van der Waals surface area contributed by atoms with Crippen LogP contribution in [0.15, 0.2) is 48.5 Å². The quantitative estimate of drug-likeness (QED) is 0.262. The molecule has 3 rings (SSSR count). The molecule has 11 heteroatoms. The molecule has 2 amide bonds. The number of hydrogen-bond donors (Lipinski definition) is 6. The van der Waals surface area contributed by atoms with Crippen LogP contribution in [0.5, 0.6) is 0 Å². The van der Waals surface area contributed by atoms with Crippen LogP contribution in [0.1, 0.15) is 35.3 Å². The number of carbonyl (C=O) groups is 4. The lowest BCUT2D eigenvalue weighted by Crippen LogP contribution is -2.49. The Balaban J connectivity index is 1.76. The van der Waals surface area contributed by atoms with Crippen LogP contribution in [0.4, 0.5) is 0 Å². The number of carbonyl (C=O) groups excluding carboxylic acids is 2. The zero-order valence-electron chi connectivity index (χ0n) is 18.7. The van der Waals surface area contributed by atoms with Crippen LogP contribution < -0.4 is 16.4 Å². The number of amides is 2. The summed E-state index contributed by atoms with van der Waals surface area (Å²) in [7, 11) is 0. The first-order chi connectivity index (χ1) is 16.7. The monoisotopic (exact) mass is 501 g/mol. The van der Waals surface area contributed by atoms with Gasteiger partial charge in [0.05, 0.1) is 11.4 Å². The number of carboxylic acids is 2. The van der Waals surface area contributed by atoms with Crippen LogP contribution in [-0.2, 0) is 19.2 Å². The SMILES string of the molecule is N[C@@H](CCC(=O)N[C@@H](CSC1c2ccccc2-c2ccccc2C1O)C(=O)NCC(=O)O)C(=O)O. The van der Waals surface area contributed by atoms with Gasteiger partial charge in [-0.1, -0.05) is 48.5 Å². The van der Waals surface area contributed by atoms with E-state index in [2.05, 4.69) is 10.6 Å². The van der Waals surface area contributed by atoms with Gasteiger partial charge in [0.2, 0.25) is 11.8 Å². The van der Waals surface area contributed by atoms with E-state index in [1.54, 1.807) is 0 Å². The van der Waals surface area contributed by atoms with Gasteiger partial charge in [0.1, 0.15) is 18.6 Å². The Hall–Kier alpha value is -3.41. The van der Waals surface area contributed by atoms with E-state index in [4.69, 9.17) is 15.9 Å². The largest absolute Gasteiger partial charge is 0.480 e. The van der Waals surface area contributed by atoms with Crippen LogP contribution in [0.3, 0.4) is 0 Å². The molecule has 35 heavy (non-hydrogen) atoms. The van der Waals surface area contributed by atoms with Crippen molar-refractivity contribution >= 4 is 35.5 Å². The minimum atomic E-state index is -1.24. The third kappa shape index (κ3) is 6.59. The van der Waals surface area contributed by atoms with Crippen molar-refractivity contribution in [2.24, 2.45) is 5.73 Å². The summed E-state index contributed by atoms with van der Waals surface area (Å²) >= 11 is 1.26. The molecule has 0 fully saturated rings. The Bertz CT molecular complexity index is 1110. The minimum absolute atomic E-state index is 0.0421. The van der Waals surface area contributed by atoms with Gasteiger partial charge in [-0.05, 0) is 28.7 Å². The van der Waals surface area contributed by atoms with Gasteiger partial charge in [-0.3, -0.25) is 19.2 Å². The first-order valence-corrected chi connectivity index (χ1v) is 12.0. The standard InChI is InChI=1S/C24H27N3O7S/c25-17(24(33)34)9-10-19(28)27-18(23(32)26-11-20(29)30)12-35-22-16-8-4-2-6-14(16)13-5-1-3-7-15(13)21(22)31/h1-8,17-18,21-22,31H,9-12,25H2,(H,26,32)(H,27,28)(H,29,30)(H,33,34)/t17-,18-,21?,22?/m0/s1. The average Bonchev–Trinajstić information content (AvgIpc) is 2.84. The van der Waals surface area contributed by atoms with Gasteiger partial charge in [0.25, 0.3) is 0 Å². The molecule has 0 bridgehead atoms. The zero-order chi connectivity index (χ0) is 25.5. The zero-order valence-corrected chi connectivity index (χ0v) is 19.5. The highest BCUT2D eigenvalue weighted by atomic mass is 32.2. The molecule has 186 valence electrons. The Morgan fingerprint density at radius 2 is 1.57 bits per heavy atom. The number of nitrogens with one attached hydrogen (secondary N) is 2. The van der Waals surface area contributed by atoms with E-state index in [0.717, 1.165) is 22.3 Å². The highest BCUT2D eigenvalue weighted by molar-refractivity contribution is 7.99.